The van der Waals surface area contributed by atoms with Crippen molar-refractivity contribution in [2.24, 2.45) is 5.92 Å². The summed E-state index contributed by atoms with van der Waals surface area (Å²) in [5.41, 5.74) is 0.775. The van der Waals surface area contributed by atoms with Crippen LogP contribution in [0.25, 0.3) is 0 Å². The van der Waals surface area contributed by atoms with E-state index in [4.69, 9.17) is 0 Å². The molecule has 1 amide bonds. The number of halogens is 1. The maximum Gasteiger partial charge on any atom is 0.230 e. The fourth-order valence-electron chi connectivity index (χ4n) is 1.19. The highest BCUT2D eigenvalue weighted by atomic mass is 79.9. The van der Waals surface area contributed by atoms with Gasteiger partial charge in [0.05, 0.1) is 16.1 Å². The number of amides is 1. The largest absolute Gasteiger partial charge is 0.325 e. The third kappa shape index (κ3) is 1.93. The van der Waals surface area contributed by atoms with Gasteiger partial charge in [0.2, 0.25) is 5.91 Å². The summed E-state index contributed by atoms with van der Waals surface area (Å²) >= 11 is 3.32. The number of carbonyl (C=O) groups excluding carboxylic acids is 1. The number of hydrogen-bond donors (Lipinski definition) is 2. The predicted molar refractivity (Wildman–Crippen MR) is 56.9 cm³/mol. The second-order valence-corrected chi connectivity index (χ2v) is 4.05. The number of hydrogen-bond acceptors (Lipinski definition) is 3. The van der Waals surface area contributed by atoms with Crippen molar-refractivity contribution >= 4 is 27.5 Å². The molecule has 2 N–H and O–H groups in total. The molecule has 0 atom stereocenters. The number of carbonyl (C=O) groups is 1. The van der Waals surface area contributed by atoms with Crippen LogP contribution >= 0.6 is 15.9 Å². The standard InChI is InChI=1S/C9H10BrN3O/c10-7-5-11-2-1-8(7)13-9(14)6-3-12-4-6/h1-2,5-6,12H,3-4H2,(H,11,13,14). The van der Waals surface area contributed by atoms with Gasteiger partial charge in [0, 0.05) is 25.5 Å². The zero-order valence-electron chi connectivity index (χ0n) is 7.46. The Morgan fingerprint density at radius 3 is 3.00 bits per heavy atom. The molecule has 1 aliphatic heterocycles. The van der Waals surface area contributed by atoms with Crippen LogP contribution in [-0.4, -0.2) is 24.0 Å². The quantitative estimate of drug-likeness (QED) is 0.830. The van der Waals surface area contributed by atoms with Crippen LogP contribution in [0.1, 0.15) is 0 Å². The minimum absolute atomic E-state index is 0.0654. The molecule has 4 nitrogen and oxygen atoms in total. The number of pyridine rings is 1. The van der Waals surface area contributed by atoms with Gasteiger partial charge in [0.1, 0.15) is 0 Å². The molecule has 1 aromatic rings. The van der Waals surface area contributed by atoms with Crippen LogP contribution in [0.4, 0.5) is 5.69 Å². The van der Waals surface area contributed by atoms with Crippen molar-refractivity contribution in [2.75, 3.05) is 18.4 Å². The number of nitrogens with one attached hydrogen (secondary N) is 2. The van der Waals surface area contributed by atoms with E-state index in [1.165, 1.54) is 0 Å². The number of aromatic nitrogens is 1. The van der Waals surface area contributed by atoms with E-state index in [1.54, 1.807) is 18.5 Å². The molecule has 2 heterocycles. The van der Waals surface area contributed by atoms with Crippen molar-refractivity contribution in [3.05, 3.63) is 22.9 Å². The monoisotopic (exact) mass is 255 g/mol. The molecule has 0 aromatic carbocycles. The molecule has 0 saturated carbocycles. The van der Waals surface area contributed by atoms with Crippen LogP contribution in [-0.2, 0) is 4.79 Å². The van der Waals surface area contributed by atoms with Crippen molar-refractivity contribution < 1.29 is 4.79 Å². The van der Waals surface area contributed by atoms with E-state index in [2.05, 4.69) is 31.5 Å². The highest BCUT2D eigenvalue weighted by molar-refractivity contribution is 9.10. The molecule has 74 valence electrons. The fraction of sp³-hybridized carbons (Fsp3) is 0.333. The van der Waals surface area contributed by atoms with Crippen molar-refractivity contribution in [3.8, 4) is 0 Å². The highest BCUT2D eigenvalue weighted by Gasteiger charge is 2.24. The first-order valence-electron chi connectivity index (χ1n) is 4.38. The SMILES string of the molecule is O=C(Nc1ccncc1Br)C1CNC1. The lowest BCUT2D eigenvalue weighted by Crippen LogP contribution is -2.48. The second kappa shape index (κ2) is 4.06. The van der Waals surface area contributed by atoms with E-state index in [9.17, 15) is 4.79 Å². The minimum Gasteiger partial charge on any atom is -0.325 e. The summed E-state index contributed by atoms with van der Waals surface area (Å²) in [4.78, 5) is 15.5. The first-order valence-corrected chi connectivity index (χ1v) is 5.18. The fourth-order valence-corrected chi connectivity index (χ4v) is 1.53. The van der Waals surface area contributed by atoms with E-state index in [0.29, 0.717) is 0 Å². The second-order valence-electron chi connectivity index (χ2n) is 3.20. The Balaban J connectivity index is 2.03. The van der Waals surface area contributed by atoms with Crippen molar-refractivity contribution in [3.63, 3.8) is 0 Å². The summed E-state index contributed by atoms with van der Waals surface area (Å²) in [6.45, 7) is 1.54. The highest BCUT2D eigenvalue weighted by Crippen LogP contribution is 2.20. The van der Waals surface area contributed by atoms with Gasteiger partial charge < -0.3 is 10.6 Å². The van der Waals surface area contributed by atoms with Crippen LogP contribution < -0.4 is 10.6 Å². The summed E-state index contributed by atoms with van der Waals surface area (Å²) in [6.07, 6.45) is 3.31. The average Bonchev–Trinajstić information content (AvgIpc) is 2.05. The van der Waals surface area contributed by atoms with Gasteiger partial charge in [-0.3, -0.25) is 9.78 Å². The van der Waals surface area contributed by atoms with Crippen LogP contribution in [0, 0.1) is 5.92 Å². The molecule has 0 bridgehead atoms. The lowest BCUT2D eigenvalue weighted by molar-refractivity contribution is -0.121. The number of rotatable bonds is 2. The minimum atomic E-state index is 0.0654. The summed E-state index contributed by atoms with van der Waals surface area (Å²) < 4.78 is 0.806. The molecule has 5 heteroatoms. The average molecular weight is 256 g/mol. The van der Waals surface area contributed by atoms with E-state index in [0.717, 1.165) is 23.2 Å². The van der Waals surface area contributed by atoms with Gasteiger partial charge >= 0.3 is 0 Å². The maximum atomic E-state index is 11.6. The molecule has 0 unspecified atom stereocenters. The Kier molecular flexibility index (Phi) is 2.79. The van der Waals surface area contributed by atoms with Crippen molar-refractivity contribution in [1.29, 1.82) is 0 Å². The molecule has 0 radical (unpaired) electrons. The van der Waals surface area contributed by atoms with Gasteiger partial charge in [-0.25, -0.2) is 0 Å². The van der Waals surface area contributed by atoms with Crippen molar-refractivity contribution in [2.45, 2.75) is 0 Å². The molecule has 1 aliphatic rings. The molecular weight excluding hydrogens is 246 g/mol. The normalized spacial score (nSPS) is 16.1. The zero-order chi connectivity index (χ0) is 9.97. The summed E-state index contributed by atoms with van der Waals surface area (Å²) in [5, 5.41) is 5.90. The summed E-state index contributed by atoms with van der Waals surface area (Å²) in [5.74, 6) is 0.172. The van der Waals surface area contributed by atoms with Crippen LogP contribution in [0.3, 0.4) is 0 Å². The van der Waals surface area contributed by atoms with Gasteiger partial charge in [-0.1, -0.05) is 0 Å². The Hall–Kier alpha value is -0.940. The maximum absolute atomic E-state index is 11.6. The van der Waals surface area contributed by atoms with Gasteiger partial charge in [-0.15, -0.1) is 0 Å². The molecule has 1 saturated heterocycles. The molecule has 0 aliphatic carbocycles. The Morgan fingerprint density at radius 2 is 2.43 bits per heavy atom. The molecule has 2 rings (SSSR count). The van der Waals surface area contributed by atoms with E-state index < -0.39 is 0 Å². The topological polar surface area (TPSA) is 54.0 Å². The lowest BCUT2D eigenvalue weighted by atomic mass is 10.0. The van der Waals surface area contributed by atoms with Crippen LogP contribution in [0.15, 0.2) is 22.9 Å². The van der Waals surface area contributed by atoms with Crippen LogP contribution in [0.2, 0.25) is 0 Å². The van der Waals surface area contributed by atoms with Crippen LogP contribution in [0.5, 0.6) is 0 Å². The van der Waals surface area contributed by atoms with E-state index >= 15 is 0 Å². The van der Waals surface area contributed by atoms with E-state index in [-0.39, 0.29) is 11.8 Å². The summed E-state index contributed by atoms with van der Waals surface area (Å²) in [6, 6.07) is 1.77. The Morgan fingerprint density at radius 1 is 1.64 bits per heavy atom. The lowest BCUT2D eigenvalue weighted by Gasteiger charge is -2.25. The molecule has 1 aromatic heterocycles. The zero-order valence-corrected chi connectivity index (χ0v) is 9.04. The van der Waals surface area contributed by atoms with Gasteiger partial charge in [-0.2, -0.15) is 0 Å². The van der Waals surface area contributed by atoms with Crippen molar-refractivity contribution in [1.82, 2.24) is 10.3 Å². The predicted octanol–water partition coefficient (Wildman–Crippen LogP) is 1.00. The van der Waals surface area contributed by atoms with Gasteiger partial charge in [0.15, 0.2) is 0 Å². The third-order valence-corrected chi connectivity index (χ3v) is 2.81. The Bertz CT molecular complexity index is 352. The molecular formula is C9H10BrN3O. The molecule has 0 spiro atoms. The van der Waals surface area contributed by atoms with E-state index in [1.807, 2.05) is 0 Å². The Labute approximate surface area is 90.2 Å². The molecule has 14 heavy (non-hydrogen) atoms. The smallest absolute Gasteiger partial charge is 0.230 e. The molecule has 1 fully saturated rings. The number of nitrogens with zero attached hydrogens (tertiary/aromatic N) is 1. The third-order valence-electron chi connectivity index (χ3n) is 2.18. The van der Waals surface area contributed by atoms with Gasteiger partial charge in [-0.05, 0) is 22.0 Å². The first kappa shape index (κ1) is 9.61. The number of anilines is 1. The summed E-state index contributed by atoms with van der Waals surface area (Å²) in [7, 11) is 0. The first-order chi connectivity index (χ1) is 6.77. The van der Waals surface area contributed by atoms with Gasteiger partial charge in [0.25, 0.3) is 0 Å².